The second kappa shape index (κ2) is 8.97. The number of ketones is 1. The molecular weight excluding hydrogens is 376 g/mol. The van der Waals surface area contributed by atoms with E-state index in [0.717, 1.165) is 11.9 Å². The number of hydrogen-bond donors (Lipinski definition) is 2. The fourth-order valence-electron chi connectivity index (χ4n) is 2.91. The van der Waals surface area contributed by atoms with E-state index in [1.165, 1.54) is 0 Å². The maximum atomic E-state index is 12.6. The zero-order valence-corrected chi connectivity index (χ0v) is 15.5. The molecule has 3 aromatic rings. The molecule has 3 aromatic carbocycles. The first-order chi connectivity index (χ1) is 13.6. The summed E-state index contributed by atoms with van der Waals surface area (Å²) < 4.78 is 0. The number of rotatable bonds is 6. The summed E-state index contributed by atoms with van der Waals surface area (Å²) in [6.45, 7) is 0. The molecule has 140 valence electrons. The summed E-state index contributed by atoms with van der Waals surface area (Å²) in [5.41, 5.74) is 2.54. The predicted molar refractivity (Wildman–Crippen MR) is 108 cm³/mol. The summed E-state index contributed by atoms with van der Waals surface area (Å²) in [7, 11) is 0. The molecule has 0 aliphatic rings. The van der Waals surface area contributed by atoms with Gasteiger partial charge in [0.1, 0.15) is 6.34 Å². The summed E-state index contributed by atoms with van der Waals surface area (Å²) in [6, 6.07) is 22.8. The number of nitrogens with one attached hydrogen (secondary N) is 1. The van der Waals surface area contributed by atoms with Crippen LogP contribution in [0.2, 0.25) is 5.02 Å². The van der Waals surface area contributed by atoms with Gasteiger partial charge in [-0.15, -0.1) is 0 Å². The van der Waals surface area contributed by atoms with Gasteiger partial charge < -0.3 is 10.5 Å². The second-order valence-electron chi connectivity index (χ2n) is 6.05. The maximum absolute atomic E-state index is 12.6. The fraction of sp³-hybridized carbons (Fsp3) is 0.0455. The summed E-state index contributed by atoms with van der Waals surface area (Å²) >= 11 is 5.95. The Morgan fingerprint density at radius 1 is 0.857 bits per heavy atom. The number of hydrogen-bond acceptors (Lipinski definition) is 4. The summed E-state index contributed by atoms with van der Waals surface area (Å²) in [5, 5.41) is 14.4. The average Bonchev–Trinajstić information content (AvgIpc) is 2.74. The average molecular weight is 393 g/mol. The number of carbonyl (C=O) groups is 2. The Kier molecular flexibility index (Phi) is 6.19. The molecule has 0 radical (unpaired) electrons. The van der Waals surface area contributed by atoms with Crippen molar-refractivity contribution in [2.75, 3.05) is 0 Å². The van der Waals surface area contributed by atoms with Crippen LogP contribution in [0.3, 0.4) is 0 Å². The van der Waals surface area contributed by atoms with Gasteiger partial charge in [0.15, 0.2) is 5.78 Å². The number of benzene rings is 3. The first kappa shape index (κ1) is 19.3. The van der Waals surface area contributed by atoms with E-state index < -0.39 is 5.92 Å². The van der Waals surface area contributed by atoms with Crippen LogP contribution in [0.5, 0.6) is 0 Å². The molecule has 0 aliphatic carbocycles. The van der Waals surface area contributed by atoms with Gasteiger partial charge in [0.05, 0.1) is 5.92 Å². The molecular formula is C22H17ClN2O3. The van der Waals surface area contributed by atoms with Crippen molar-refractivity contribution in [3.05, 3.63) is 106 Å². The van der Waals surface area contributed by atoms with Gasteiger partial charge in [-0.1, -0.05) is 83.5 Å². The number of carbonyl (C=O) groups excluding carboxylic acids is 2. The molecule has 2 N–H and O–H groups in total. The van der Waals surface area contributed by atoms with Gasteiger partial charge in [-0.3, -0.25) is 9.59 Å². The Bertz CT molecular complexity index is 985. The van der Waals surface area contributed by atoms with E-state index in [1.807, 2.05) is 18.2 Å². The van der Waals surface area contributed by atoms with Crippen LogP contribution in [-0.4, -0.2) is 23.2 Å². The lowest BCUT2D eigenvalue weighted by atomic mass is 9.89. The van der Waals surface area contributed by atoms with Gasteiger partial charge in [0, 0.05) is 16.1 Å². The molecule has 0 unspecified atom stereocenters. The fourth-order valence-corrected chi connectivity index (χ4v) is 3.04. The molecule has 0 bridgehead atoms. The monoisotopic (exact) mass is 392 g/mol. The smallest absolute Gasteiger partial charge is 0.237 e. The van der Waals surface area contributed by atoms with Crippen LogP contribution in [0.25, 0.3) is 0 Å². The highest BCUT2D eigenvalue weighted by atomic mass is 35.5. The van der Waals surface area contributed by atoms with Crippen LogP contribution in [0.15, 0.2) is 84.0 Å². The SMILES string of the molecule is O=C(c1ccccc1)c1ccc([C@H](C(=O)N/C=N\O)c2ccc(Cl)cc2)cc1. The van der Waals surface area contributed by atoms with Crippen LogP contribution in [0, 0.1) is 0 Å². The van der Waals surface area contributed by atoms with Crippen LogP contribution in [0.1, 0.15) is 33.0 Å². The molecule has 6 heteroatoms. The zero-order chi connectivity index (χ0) is 19.9. The molecule has 1 amide bonds. The van der Waals surface area contributed by atoms with Gasteiger partial charge in [-0.2, -0.15) is 0 Å². The second-order valence-corrected chi connectivity index (χ2v) is 6.49. The van der Waals surface area contributed by atoms with E-state index in [1.54, 1.807) is 60.7 Å². The zero-order valence-electron chi connectivity index (χ0n) is 14.7. The van der Waals surface area contributed by atoms with Gasteiger partial charge in [-0.05, 0) is 23.3 Å². The van der Waals surface area contributed by atoms with Crippen LogP contribution in [-0.2, 0) is 4.79 Å². The number of halogens is 1. The lowest BCUT2D eigenvalue weighted by molar-refractivity contribution is -0.120. The highest BCUT2D eigenvalue weighted by Gasteiger charge is 2.23. The number of nitrogens with zero attached hydrogens (tertiary/aromatic N) is 1. The third-order valence-corrected chi connectivity index (χ3v) is 4.52. The first-order valence-electron chi connectivity index (χ1n) is 8.51. The van der Waals surface area contributed by atoms with Crippen molar-refractivity contribution in [1.82, 2.24) is 5.32 Å². The maximum Gasteiger partial charge on any atom is 0.237 e. The minimum Gasteiger partial charge on any atom is -0.410 e. The number of oxime groups is 1. The highest BCUT2D eigenvalue weighted by molar-refractivity contribution is 6.30. The Balaban J connectivity index is 1.93. The van der Waals surface area contributed by atoms with E-state index in [-0.39, 0.29) is 11.7 Å². The van der Waals surface area contributed by atoms with Gasteiger partial charge in [0.2, 0.25) is 5.91 Å². The molecule has 0 fully saturated rings. The van der Waals surface area contributed by atoms with Gasteiger partial charge >= 0.3 is 0 Å². The van der Waals surface area contributed by atoms with E-state index in [0.29, 0.717) is 21.7 Å². The number of amides is 1. The molecule has 3 rings (SSSR count). The van der Waals surface area contributed by atoms with Crippen molar-refractivity contribution >= 4 is 29.6 Å². The molecule has 0 aromatic heterocycles. The summed E-state index contributed by atoms with van der Waals surface area (Å²) in [6.07, 6.45) is 0.915. The highest BCUT2D eigenvalue weighted by Crippen LogP contribution is 2.27. The topological polar surface area (TPSA) is 78.8 Å². The molecule has 28 heavy (non-hydrogen) atoms. The Hall–Kier alpha value is -3.44. The van der Waals surface area contributed by atoms with Crippen LogP contribution < -0.4 is 5.32 Å². The summed E-state index contributed by atoms with van der Waals surface area (Å²) in [4.78, 5) is 25.2. The van der Waals surface area contributed by atoms with Crippen molar-refractivity contribution in [3.8, 4) is 0 Å². The molecule has 0 aliphatic heterocycles. The van der Waals surface area contributed by atoms with Crippen molar-refractivity contribution in [3.63, 3.8) is 0 Å². The van der Waals surface area contributed by atoms with E-state index in [2.05, 4.69) is 10.5 Å². The molecule has 0 spiro atoms. The van der Waals surface area contributed by atoms with Crippen molar-refractivity contribution < 1.29 is 14.8 Å². The minimum absolute atomic E-state index is 0.0907. The largest absolute Gasteiger partial charge is 0.410 e. The molecule has 0 saturated heterocycles. The first-order valence-corrected chi connectivity index (χ1v) is 8.89. The molecule has 1 atom stereocenters. The standard InChI is InChI=1S/C22H17ClN2O3/c23-19-12-10-16(11-13-19)20(22(27)24-14-25-28)15-6-8-18(9-7-15)21(26)17-4-2-1-3-5-17/h1-14,20,28H,(H,24,25,27)/t20-/m0/s1. The van der Waals surface area contributed by atoms with Gasteiger partial charge in [0.25, 0.3) is 0 Å². The molecule has 5 nitrogen and oxygen atoms in total. The summed E-state index contributed by atoms with van der Waals surface area (Å²) in [5.74, 6) is -1.12. The quantitative estimate of drug-likeness (QED) is 0.216. The molecule has 0 heterocycles. The molecule has 0 saturated carbocycles. The Morgan fingerprint density at radius 3 is 1.96 bits per heavy atom. The lowest BCUT2D eigenvalue weighted by Crippen LogP contribution is -2.29. The Labute approximate surface area is 167 Å². The Morgan fingerprint density at radius 2 is 1.39 bits per heavy atom. The minimum atomic E-state index is -0.656. The third kappa shape index (κ3) is 4.45. The lowest BCUT2D eigenvalue weighted by Gasteiger charge is -2.17. The van der Waals surface area contributed by atoms with Crippen LogP contribution in [0.4, 0.5) is 0 Å². The predicted octanol–water partition coefficient (Wildman–Crippen LogP) is 4.24. The third-order valence-electron chi connectivity index (χ3n) is 4.27. The van der Waals surface area contributed by atoms with Crippen LogP contribution >= 0.6 is 11.6 Å². The van der Waals surface area contributed by atoms with Crippen molar-refractivity contribution in [2.45, 2.75) is 5.92 Å². The van der Waals surface area contributed by atoms with Crippen molar-refractivity contribution in [1.29, 1.82) is 0 Å². The van der Waals surface area contributed by atoms with E-state index in [9.17, 15) is 9.59 Å². The van der Waals surface area contributed by atoms with E-state index in [4.69, 9.17) is 16.8 Å². The van der Waals surface area contributed by atoms with Crippen molar-refractivity contribution in [2.24, 2.45) is 5.16 Å². The van der Waals surface area contributed by atoms with E-state index >= 15 is 0 Å². The normalized spacial score (nSPS) is 11.9. The van der Waals surface area contributed by atoms with Gasteiger partial charge in [-0.25, -0.2) is 0 Å².